The van der Waals surface area contributed by atoms with E-state index in [0.717, 1.165) is 25.9 Å². The lowest BCUT2D eigenvalue weighted by atomic mass is 9.89. The number of nitrogens with zero attached hydrogens (tertiary/aromatic N) is 1. The molecule has 5 heteroatoms. The van der Waals surface area contributed by atoms with Gasteiger partial charge in [0.05, 0.1) is 12.7 Å². The third kappa shape index (κ3) is 3.82. The van der Waals surface area contributed by atoms with Crippen molar-refractivity contribution in [1.82, 2.24) is 4.90 Å². The summed E-state index contributed by atoms with van der Waals surface area (Å²) in [7, 11) is 2.91. The van der Waals surface area contributed by atoms with E-state index >= 15 is 0 Å². The quantitative estimate of drug-likeness (QED) is 0.794. The van der Waals surface area contributed by atoms with Gasteiger partial charge in [0.2, 0.25) is 5.91 Å². The van der Waals surface area contributed by atoms with Gasteiger partial charge in [-0.3, -0.25) is 4.79 Å². The van der Waals surface area contributed by atoms with E-state index in [1.54, 1.807) is 12.1 Å². The van der Waals surface area contributed by atoms with Crippen LogP contribution in [0.3, 0.4) is 0 Å². The van der Waals surface area contributed by atoms with Gasteiger partial charge < -0.3 is 14.4 Å². The number of hydrogen-bond donors (Lipinski definition) is 0. The third-order valence-corrected chi connectivity index (χ3v) is 3.92. The molecule has 1 aliphatic rings. The molecule has 1 aromatic rings. The average molecular weight is 291 g/mol. The number of piperidine rings is 1. The highest BCUT2D eigenvalue weighted by molar-refractivity contribution is 5.89. The molecular weight excluding hydrogens is 270 g/mol. The van der Waals surface area contributed by atoms with Crippen molar-refractivity contribution in [3.05, 3.63) is 35.4 Å². The van der Waals surface area contributed by atoms with Crippen molar-refractivity contribution < 1.29 is 19.1 Å². The van der Waals surface area contributed by atoms with Gasteiger partial charge >= 0.3 is 5.97 Å². The summed E-state index contributed by atoms with van der Waals surface area (Å²) < 4.78 is 9.57. The molecule has 1 aliphatic heterocycles. The number of carbonyl (C=O) groups is 2. The van der Waals surface area contributed by atoms with Gasteiger partial charge in [-0.05, 0) is 36.5 Å². The molecular formula is C16H21NO4. The van der Waals surface area contributed by atoms with Crippen molar-refractivity contribution in [2.45, 2.75) is 18.8 Å². The van der Waals surface area contributed by atoms with Crippen LogP contribution in [0.5, 0.6) is 0 Å². The normalized spacial score (nSPS) is 15.8. The highest BCUT2D eigenvalue weighted by Crippen LogP contribution is 2.28. The zero-order chi connectivity index (χ0) is 15.2. The fourth-order valence-electron chi connectivity index (χ4n) is 2.69. The number of likely N-dealkylation sites (tertiary alicyclic amines) is 1. The van der Waals surface area contributed by atoms with Gasteiger partial charge in [-0.1, -0.05) is 12.1 Å². The first kappa shape index (κ1) is 15.5. The fraction of sp³-hybridized carbons (Fsp3) is 0.500. The van der Waals surface area contributed by atoms with Crippen molar-refractivity contribution in [2.75, 3.05) is 33.9 Å². The molecule has 0 spiro atoms. The zero-order valence-corrected chi connectivity index (χ0v) is 12.5. The Bertz CT molecular complexity index is 490. The maximum Gasteiger partial charge on any atom is 0.337 e. The SMILES string of the molecule is COCC(=O)N1CCC(c2ccc(C(=O)OC)cc2)CC1. The Morgan fingerprint density at radius 1 is 1.14 bits per heavy atom. The van der Waals surface area contributed by atoms with Crippen molar-refractivity contribution in [3.63, 3.8) is 0 Å². The molecule has 1 amide bonds. The van der Waals surface area contributed by atoms with Gasteiger partial charge in [0, 0.05) is 20.2 Å². The van der Waals surface area contributed by atoms with Gasteiger partial charge in [0.1, 0.15) is 6.61 Å². The Kier molecular flexibility index (Phi) is 5.33. The minimum absolute atomic E-state index is 0.0528. The minimum atomic E-state index is -0.318. The van der Waals surface area contributed by atoms with E-state index in [1.165, 1.54) is 19.8 Å². The van der Waals surface area contributed by atoms with Crippen LogP contribution in [-0.4, -0.2) is 50.7 Å². The smallest absolute Gasteiger partial charge is 0.337 e. The van der Waals surface area contributed by atoms with Crippen LogP contribution in [0.15, 0.2) is 24.3 Å². The molecule has 1 fully saturated rings. The summed E-state index contributed by atoms with van der Waals surface area (Å²) in [5, 5.41) is 0. The lowest BCUT2D eigenvalue weighted by Crippen LogP contribution is -2.39. The molecule has 5 nitrogen and oxygen atoms in total. The average Bonchev–Trinajstić information content (AvgIpc) is 2.54. The van der Waals surface area contributed by atoms with E-state index < -0.39 is 0 Å². The molecule has 114 valence electrons. The Morgan fingerprint density at radius 3 is 2.29 bits per heavy atom. The van der Waals surface area contributed by atoms with Crippen LogP contribution in [0, 0.1) is 0 Å². The van der Waals surface area contributed by atoms with Crippen molar-refractivity contribution in [1.29, 1.82) is 0 Å². The fourth-order valence-corrected chi connectivity index (χ4v) is 2.69. The van der Waals surface area contributed by atoms with Gasteiger partial charge in [-0.25, -0.2) is 4.79 Å². The number of carbonyl (C=O) groups excluding carboxylic acids is 2. The van der Waals surface area contributed by atoms with E-state index in [-0.39, 0.29) is 18.5 Å². The maximum absolute atomic E-state index is 11.7. The number of rotatable bonds is 4. The summed E-state index contributed by atoms with van der Waals surface area (Å²) in [5.74, 6) is 0.168. The van der Waals surface area contributed by atoms with E-state index in [4.69, 9.17) is 9.47 Å². The number of hydrogen-bond acceptors (Lipinski definition) is 4. The molecule has 0 saturated carbocycles. The summed E-state index contributed by atoms with van der Waals surface area (Å²) in [6.45, 7) is 1.66. The Labute approximate surface area is 124 Å². The maximum atomic E-state index is 11.7. The summed E-state index contributed by atoms with van der Waals surface area (Å²) in [4.78, 5) is 25.0. The molecule has 0 bridgehead atoms. The lowest BCUT2D eigenvalue weighted by molar-refractivity contribution is -0.136. The summed E-state index contributed by atoms with van der Waals surface area (Å²) >= 11 is 0. The van der Waals surface area contributed by atoms with Crippen LogP contribution in [0.25, 0.3) is 0 Å². The highest BCUT2D eigenvalue weighted by Gasteiger charge is 2.23. The van der Waals surface area contributed by atoms with Crippen molar-refractivity contribution in [3.8, 4) is 0 Å². The molecule has 0 unspecified atom stereocenters. The van der Waals surface area contributed by atoms with Gasteiger partial charge in [0.15, 0.2) is 0 Å². The number of benzene rings is 1. The summed E-state index contributed by atoms with van der Waals surface area (Å²) in [6.07, 6.45) is 1.88. The molecule has 1 aromatic carbocycles. The largest absolute Gasteiger partial charge is 0.465 e. The molecule has 0 atom stereocenters. The van der Waals surface area contributed by atoms with Crippen LogP contribution in [-0.2, 0) is 14.3 Å². The van der Waals surface area contributed by atoms with E-state index in [0.29, 0.717) is 11.5 Å². The summed E-state index contributed by atoms with van der Waals surface area (Å²) in [6, 6.07) is 7.54. The first-order valence-corrected chi connectivity index (χ1v) is 7.10. The Balaban J connectivity index is 1.93. The van der Waals surface area contributed by atoms with E-state index in [9.17, 15) is 9.59 Å². The third-order valence-electron chi connectivity index (χ3n) is 3.92. The van der Waals surface area contributed by atoms with E-state index in [2.05, 4.69) is 0 Å². The van der Waals surface area contributed by atoms with Gasteiger partial charge in [-0.2, -0.15) is 0 Å². The first-order chi connectivity index (χ1) is 10.2. The van der Waals surface area contributed by atoms with E-state index in [1.807, 2.05) is 17.0 Å². The monoisotopic (exact) mass is 291 g/mol. The number of methoxy groups -OCH3 is 2. The highest BCUT2D eigenvalue weighted by atomic mass is 16.5. The minimum Gasteiger partial charge on any atom is -0.465 e. The molecule has 1 saturated heterocycles. The number of ether oxygens (including phenoxy) is 2. The van der Waals surface area contributed by atoms with Crippen LogP contribution in [0.4, 0.5) is 0 Å². The second-order valence-electron chi connectivity index (χ2n) is 5.20. The Morgan fingerprint density at radius 2 is 1.76 bits per heavy atom. The molecule has 0 N–H and O–H groups in total. The molecule has 0 radical (unpaired) electrons. The molecule has 1 heterocycles. The summed E-state index contributed by atoms with van der Waals surface area (Å²) in [5.41, 5.74) is 1.77. The Hall–Kier alpha value is -1.88. The lowest BCUT2D eigenvalue weighted by Gasteiger charge is -2.32. The van der Waals surface area contributed by atoms with Crippen LogP contribution in [0.2, 0.25) is 0 Å². The molecule has 0 aromatic heterocycles. The second-order valence-corrected chi connectivity index (χ2v) is 5.20. The van der Waals surface area contributed by atoms with Crippen molar-refractivity contribution in [2.24, 2.45) is 0 Å². The molecule has 0 aliphatic carbocycles. The van der Waals surface area contributed by atoms with Crippen LogP contribution in [0.1, 0.15) is 34.7 Å². The molecule has 21 heavy (non-hydrogen) atoms. The van der Waals surface area contributed by atoms with Crippen molar-refractivity contribution >= 4 is 11.9 Å². The second kappa shape index (κ2) is 7.22. The standard InChI is InChI=1S/C16H21NO4/c1-20-11-15(18)17-9-7-13(8-10-17)12-3-5-14(6-4-12)16(19)21-2/h3-6,13H,7-11H2,1-2H3. The molecule has 2 rings (SSSR count). The predicted octanol–water partition coefficient (Wildman–Crippen LogP) is 1.83. The van der Waals surface area contributed by atoms with Crippen LogP contribution >= 0.6 is 0 Å². The van der Waals surface area contributed by atoms with Gasteiger partial charge in [-0.15, -0.1) is 0 Å². The van der Waals surface area contributed by atoms with Crippen LogP contribution < -0.4 is 0 Å². The number of esters is 1. The number of amides is 1. The topological polar surface area (TPSA) is 55.8 Å². The first-order valence-electron chi connectivity index (χ1n) is 7.10. The predicted molar refractivity (Wildman–Crippen MR) is 78.2 cm³/mol. The van der Waals surface area contributed by atoms with Gasteiger partial charge in [0.25, 0.3) is 0 Å². The zero-order valence-electron chi connectivity index (χ0n) is 12.5.